The normalized spacial score (nSPS) is 13.2. The van der Waals surface area contributed by atoms with Gasteiger partial charge in [-0.1, -0.05) is 12.1 Å². The molecule has 0 aliphatic carbocycles. The fourth-order valence-electron chi connectivity index (χ4n) is 3.31. The van der Waals surface area contributed by atoms with Gasteiger partial charge in [-0.2, -0.15) is 5.10 Å². The summed E-state index contributed by atoms with van der Waals surface area (Å²) in [5.41, 5.74) is 3.12. The zero-order valence-electron chi connectivity index (χ0n) is 16.7. The Morgan fingerprint density at radius 1 is 1.28 bits per heavy atom. The van der Waals surface area contributed by atoms with Crippen LogP contribution in [0.4, 0.5) is 5.82 Å². The summed E-state index contributed by atoms with van der Waals surface area (Å²) in [6.45, 7) is 2.44. The van der Waals surface area contributed by atoms with E-state index >= 15 is 0 Å². The number of anilines is 1. The van der Waals surface area contributed by atoms with Gasteiger partial charge in [0.15, 0.2) is 0 Å². The van der Waals surface area contributed by atoms with Crippen LogP contribution >= 0.6 is 0 Å². The van der Waals surface area contributed by atoms with E-state index in [1.54, 1.807) is 7.11 Å². The molecule has 1 saturated heterocycles. The quantitative estimate of drug-likeness (QED) is 0.657. The van der Waals surface area contributed by atoms with Crippen molar-refractivity contribution in [1.82, 2.24) is 15.2 Å². The number of fused-ring (bicyclic) bond motifs is 1. The number of H-pyrrole nitrogens is 1. The number of rotatable bonds is 6. The van der Waals surface area contributed by atoms with Gasteiger partial charge in [-0.25, -0.2) is 4.98 Å². The van der Waals surface area contributed by atoms with Crippen LogP contribution in [0.2, 0.25) is 0 Å². The molecular weight excluding hydrogens is 372 g/mol. The monoisotopic (exact) mass is 398 g/mol. The molecule has 0 saturated carbocycles. The summed E-state index contributed by atoms with van der Waals surface area (Å²) in [7, 11) is 3.17. The molecular formula is C21H26N4O4. The highest BCUT2D eigenvalue weighted by atomic mass is 16.5. The maximum absolute atomic E-state index is 9.68. The molecule has 8 heteroatoms. The number of nitrogens with zero attached hydrogens (tertiary/aromatic N) is 3. The van der Waals surface area contributed by atoms with Crippen LogP contribution in [0.3, 0.4) is 0 Å². The Labute approximate surface area is 169 Å². The lowest BCUT2D eigenvalue weighted by molar-refractivity contribution is -0.137. The van der Waals surface area contributed by atoms with Crippen molar-refractivity contribution in [2.45, 2.75) is 19.3 Å². The van der Waals surface area contributed by atoms with Crippen molar-refractivity contribution in [3.8, 4) is 16.9 Å². The van der Waals surface area contributed by atoms with E-state index in [2.05, 4.69) is 32.0 Å². The van der Waals surface area contributed by atoms with Crippen LogP contribution < -0.4 is 9.64 Å². The zero-order valence-corrected chi connectivity index (χ0v) is 16.7. The first-order valence-electron chi connectivity index (χ1n) is 9.56. The van der Waals surface area contributed by atoms with Crippen molar-refractivity contribution in [3.05, 3.63) is 36.7 Å². The van der Waals surface area contributed by atoms with E-state index in [1.165, 1.54) is 20.0 Å². The molecule has 0 unspecified atom stereocenters. The number of carboxylic acid groups (broad SMARTS) is 1. The molecule has 0 radical (unpaired) electrons. The average Bonchev–Trinajstić information content (AvgIpc) is 3.45. The maximum Gasteiger partial charge on any atom is 0.305 e. The Morgan fingerprint density at radius 3 is 2.66 bits per heavy atom. The van der Waals surface area contributed by atoms with Crippen molar-refractivity contribution in [1.29, 1.82) is 0 Å². The first-order valence-corrected chi connectivity index (χ1v) is 9.56. The van der Waals surface area contributed by atoms with Gasteiger partial charge in [0.1, 0.15) is 17.1 Å². The van der Waals surface area contributed by atoms with Crippen LogP contribution in [0.5, 0.6) is 5.75 Å². The predicted molar refractivity (Wildman–Crippen MR) is 111 cm³/mol. The Kier molecular flexibility index (Phi) is 7.02. The number of carbonyl (C=O) groups is 1. The molecule has 8 nitrogen and oxygen atoms in total. The van der Waals surface area contributed by atoms with Crippen molar-refractivity contribution >= 4 is 22.7 Å². The minimum Gasteiger partial charge on any atom is -0.494 e. The Balaban J connectivity index is 0.000000298. The van der Waals surface area contributed by atoms with E-state index in [0.29, 0.717) is 6.61 Å². The summed E-state index contributed by atoms with van der Waals surface area (Å²) in [5, 5.41) is 16.0. The lowest BCUT2D eigenvalue weighted by Gasteiger charge is -2.19. The van der Waals surface area contributed by atoms with Gasteiger partial charge in [0.05, 0.1) is 26.3 Å². The molecule has 154 valence electrons. The van der Waals surface area contributed by atoms with Crippen LogP contribution in [0.25, 0.3) is 22.0 Å². The van der Waals surface area contributed by atoms with Gasteiger partial charge in [-0.3, -0.25) is 9.89 Å². The number of aliphatic carboxylic acids is 1. The topological polar surface area (TPSA) is 101 Å². The molecule has 4 rings (SSSR count). The third-order valence-corrected chi connectivity index (χ3v) is 4.77. The standard InChI is InChI=1S/C17H18N4O.C4H8O3/c1-22-15-6-4-5-13-14(12-10-18-19-11-12)9-16(20-17(13)15)21-7-2-3-8-21;1-7-3-2-4(5)6/h4-6,9-11H,2-3,7-8H2,1H3,(H,18,19);2-3H2,1H3,(H,5,6). The highest BCUT2D eigenvalue weighted by molar-refractivity contribution is 5.98. The lowest BCUT2D eigenvalue weighted by atomic mass is 10.0. The number of para-hydroxylation sites is 1. The summed E-state index contributed by atoms with van der Waals surface area (Å²) >= 11 is 0. The fourth-order valence-corrected chi connectivity index (χ4v) is 3.31. The van der Waals surface area contributed by atoms with Crippen LogP contribution in [0.15, 0.2) is 36.7 Å². The number of benzene rings is 1. The first kappa shape index (κ1) is 20.6. The summed E-state index contributed by atoms with van der Waals surface area (Å²) < 4.78 is 9.98. The van der Waals surface area contributed by atoms with E-state index in [-0.39, 0.29) is 6.42 Å². The number of aromatic amines is 1. The zero-order chi connectivity index (χ0) is 20.6. The second-order valence-electron chi connectivity index (χ2n) is 6.70. The van der Waals surface area contributed by atoms with E-state index in [1.807, 2.05) is 24.5 Å². The number of carboxylic acids is 1. The smallest absolute Gasteiger partial charge is 0.305 e. The van der Waals surface area contributed by atoms with E-state index in [4.69, 9.17) is 14.8 Å². The third-order valence-electron chi connectivity index (χ3n) is 4.77. The molecule has 0 amide bonds. The summed E-state index contributed by atoms with van der Waals surface area (Å²) in [6.07, 6.45) is 6.32. The van der Waals surface area contributed by atoms with Crippen LogP contribution in [-0.4, -0.2) is 60.2 Å². The number of hydrogen-bond donors (Lipinski definition) is 2. The van der Waals surface area contributed by atoms with E-state index in [0.717, 1.165) is 46.7 Å². The van der Waals surface area contributed by atoms with Crippen molar-refractivity contribution in [2.75, 3.05) is 38.8 Å². The second kappa shape index (κ2) is 9.88. The molecule has 1 aliphatic rings. The van der Waals surface area contributed by atoms with Crippen LogP contribution in [-0.2, 0) is 9.53 Å². The summed E-state index contributed by atoms with van der Waals surface area (Å²) in [6, 6.07) is 8.21. The number of aromatic nitrogens is 3. The third kappa shape index (κ3) is 5.03. The van der Waals surface area contributed by atoms with Crippen molar-refractivity contribution in [2.24, 2.45) is 0 Å². The van der Waals surface area contributed by atoms with Gasteiger partial charge in [0.2, 0.25) is 0 Å². The number of methoxy groups -OCH3 is 2. The number of hydrogen-bond acceptors (Lipinski definition) is 6. The van der Waals surface area contributed by atoms with Crippen LogP contribution in [0.1, 0.15) is 19.3 Å². The summed E-state index contributed by atoms with van der Waals surface area (Å²) in [4.78, 5) is 16.9. The highest BCUT2D eigenvalue weighted by Crippen LogP contribution is 2.35. The summed E-state index contributed by atoms with van der Waals surface area (Å²) in [5.74, 6) is 1.01. The Bertz CT molecular complexity index is 937. The largest absolute Gasteiger partial charge is 0.494 e. The minimum absolute atomic E-state index is 0.0938. The van der Waals surface area contributed by atoms with Gasteiger partial charge < -0.3 is 19.5 Å². The molecule has 0 atom stereocenters. The van der Waals surface area contributed by atoms with Gasteiger partial charge in [0, 0.05) is 37.3 Å². The minimum atomic E-state index is -0.818. The lowest BCUT2D eigenvalue weighted by Crippen LogP contribution is -2.19. The average molecular weight is 398 g/mol. The molecule has 3 aromatic rings. The molecule has 29 heavy (non-hydrogen) atoms. The van der Waals surface area contributed by atoms with Gasteiger partial charge in [-0.05, 0) is 30.5 Å². The molecule has 1 aromatic carbocycles. The van der Waals surface area contributed by atoms with E-state index in [9.17, 15) is 4.79 Å². The van der Waals surface area contributed by atoms with Crippen molar-refractivity contribution in [3.63, 3.8) is 0 Å². The van der Waals surface area contributed by atoms with Crippen molar-refractivity contribution < 1.29 is 19.4 Å². The van der Waals surface area contributed by atoms with Gasteiger partial charge in [-0.15, -0.1) is 0 Å². The fraction of sp³-hybridized carbons (Fsp3) is 0.381. The van der Waals surface area contributed by atoms with Gasteiger partial charge in [0.25, 0.3) is 0 Å². The molecule has 1 aliphatic heterocycles. The van der Waals surface area contributed by atoms with Gasteiger partial charge >= 0.3 is 5.97 Å². The number of ether oxygens (including phenoxy) is 2. The predicted octanol–water partition coefficient (Wildman–Crippen LogP) is 3.34. The number of pyridine rings is 1. The molecule has 2 N–H and O–H groups in total. The Morgan fingerprint density at radius 2 is 2.07 bits per heavy atom. The Hall–Kier alpha value is -3.13. The molecule has 2 aromatic heterocycles. The molecule has 0 bridgehead atoms. The molecule has 3 heterocycles. The molecule has 1 fully saturated rings. The highest BCUT2D eigenvalue weighted by Gasteiger charge is 2.18. The maximum atomic E-state index is 9.68. The first-order chi connectivity index (χ1) is 14.1. The second-order valence-corrected chi connectivity index (χ2v) is 6.70. The molecule has 0 spiro atoms. The SMILES string of the molecule is COCCC(=O)O.COc1cccc2c(-c3cn[nH]c3)cc(N3CCCC3)nc12. The number of nitrogens with one attached hydrogen (secondary N) is 1. The van der Waals surface area contributed by atoms with Crippen LogP contribution in [0, 0.1) is 0 Å². The van der Waals surface area contributed by atoms with E-state index < -0.39 is 5.97 Å².